The topological polar surface area (TPSA) is 90.4 Å². The van der Waals surface area contributed by atoms with Crippen LogP contribution in [0.25, 0.3) is 0 Å². The number of nitrogens with one attached hydrogen (secondary N) is 2. The minimum absolute atomic E-state index is 0.178. The predicted molar refractivity (Wildman–Crippen MR) is 57.7 cm³/mol. The highest BCUT2D eigenvalue weighted by atomic mass is 16.4. The zero-order valence-electron chi connectivity index (χ0n) is 8.93. The Bertz CT molecular complexity index is 450. The molecule has 0 bridgehead atoms. The van der Waals surface area contributed by atoms with Gasteiger partial charge in [-0.25, -0.2) is 0 Å². The summed E-state index contributed by atoms with van der Waals surface area (Å²) in [6.07, 6.45) is 0. The first-order chi connectivity index (χ1) is 7.58. The van der Waals surface area contributed by atoms with Crippen LogP contribution < -0.4 is 15.8 Å². The van der Waals surface area contributed by atoms with E-state index < -0.39 is 12.0 Å². The largest absolute Gasteiger partial charge is 0.480 e. The number of carbonyl (C=O) groups is 1. The number of carboxylic acids is 1. The fraction of sp³-hybridized carbons (Fsp3) is 0.556. The quantitative estimate of drug-likeness (QED) is 0.575. The smallest absolute Gasteiger partial charge is 0.322 e. The minimum Gasteiger partial charge on any atom is -0.480 e. The van der Waals surface area contributed by atoms with Crippen molar-refractivity contribution in [2.24, 2.45) is 7.05 Å². The van der Waals surface area contributed by atoms with Crippen molar-refractivity contribution in [3.63, 3.8) is 0 Å². The van der Waals surface area contributed by atoms with E-state index in [1.807, 2.05) is 4.90 Å². The first-order valence-corrected chi connectivity index (χ1v) is 5.05. The van der Waals surface area contributed by atoms with Gasteiger partial charge < -0.3 is 15.3 Å². The van der Waals surface area contributed by atoms with Crippen molar-refractivity contribution < 1.29 is 9.90 Å². The molecule has 7 heteroatoms. The molecule has 0 amide bonds. The molecule has 1 fully saturated rings. The van der Waals surface area contributed by atoms with E-state index >= 15 is 0 Å². The van der Waals surface area contributed by atoms with Crippen LogP contribution >= 0.6 is 0 Å². The minimum atomic E-state index is -0.870. The summed E-state index contributed by atoms with van der Waals surface area (Å²) in [5.41, 5.74) is -0.178. The van der Waals surface area contributed by atoms with Crippen molar-refractivity contribution >= 4 is 11.8 Å². The Balaban J connectivity index is 2.18. The number of rotatable bonds is 2. The van der Waals surface area contributed by atoms with Crippen LogP contribution in [-0.4, -0.2) is 46.5 Å². The van der Waals surface area contributed by atoms with E-state index in [1.165, 1.54) is 6.07 Å². The second-order valence-electron chi connectivity index (χ2n) is 3.83. The Kier molecular flexibility index (Phi) is 2.69. The maximum Gasteiger partial charge on any atom is 0.322 e. The highest BCUT2D eigenvalue weighted by Crippen LogP contribution is 2.12. The van der Waals surface area contributed by atoms with Gasteiger partial charge in [-0.1, -0.05) is 0 Å². The number of aliphatic carboxylic acids is 1. The lowest BCUT2D eigenvalue weighted by atomic mass is 10.2. The highest BCUT2D eigenvalue weighted by molar-refractivity contribution is 5.74. The lowest BCUT2D eigenvalue weighted by Crippen LogP contribution is -2.54. The molecule has 2 rings (SSSR count). The van der Waals surface area contributed by atoms with Crippen molar-refractivity contribution in [2.75, 3.05) is 24.5 Å². The Morgan fingerprint density at radius 3 is 2.94 bits per heavy atom. The van der Waals surface area contributed by atoms with Gasteiger partial charge in [-0.3, -0.25) is 19.4 Å². The summed E-state index contributed by atoms with van der Waals surface area (Å²) in [6.45, 7) is 1.64. The molecule has 0 saturated carbocycles. The van der Waals surface area contributed by atoms with E-state index in [1.54, 1.807) is 11.7 Å². The van der Waals surface area contributed by atoms with Gasteiger partial charge in [0.2, 0.25) is 0 Å². The van der Waals surface area contributed by atoms with E-state index in [0.29, 0.717) is 19.6 Å². The van der Waals surface area contributed by atoms with Gasteiger partial charge >= 0.3 is 5.97 Å². The number of H-pyrrole nitrogens is 1. The van der Waals surface area contributed by atoms with Crippen molar-refractivity contribution in [3.8, 4) is 0 Å². The fourth-order valence-electron chi connectivity index (χ4n) is 1.90. The van der Waals surface area contributed by atoms with Crippen LogP contribution in [-0.2, 0) is 11.8 Å². The van der Waals surface area contributed by atoms with Gasteiger partial charge in [0.05, 0.1) is 0 Å². The second kappa shape index (κ2) is 4.01. The normalized spacial score (nSPS) is 21.1. The SMILES string of the molecule is Cn1[nH]c(=O)cc1N1CCNC(C(=O)O)C1. The number of hydrogen-bond donors (Lipinski definition) is 3. The molecule has 1 aliphatic heterocycles. The average molecular weight is 226 g/mol. The van der Waals surface area contributed by atoms with Crippen LogP contribution in [0.1, 0.15) is 0 Å². The van der Waals surface area contributed by atoms with Crippen molar-refractivity contribution in [3.05, 3.63) is 16.4 Å². The Hall–Kier alpha value is -1.76. The van der Waals surface area contributed by atoms with Crippen LogP contribution in [0.15, 0.2) is 10.9 Å². The summed E-state index contributed by atoms with van der Waals surface area (Å²) in [5.74, 6) is -0.150. The second-order valence-corrected chi connectivity index (χ2v) is 3.83. The molecule has 0 radical (unpaired) electrons. The van der Waals surface area contributed by atoms with Gasteiger partial charge in [-0.15, -0.1) is 0 Å². The summed E-state index contributed by atoms with van der Waals surface area (Å²) in [6, 6.07) is 0.892. The number of piperazine rings is 1. The number of aryl methyl sites for hydroxylation is 1. The molecule has 0 spiro atoms. The number of hydrogen-bond acceptors (Lipinski definition) is 4. The molecule has 88 valence electrons. The van der Waals surface area contributed by atoms with Crippen LogP contribution in [0.3, 0.4) is 0 Å². The molecule has 3 N–H and O–H groups in total. The van der Waals surface area contributed by atoms with Crippen LogP contribution in [0.4, 0.5) is 5.82 Å². The number of anilines is 1. The molecule has 1 aromatic heterocycles. The van der Waals surface area contributed by atoms with Gasteiger partial charge in [-0.2, -0.15) is 0 Å². The molecule has 16 heavy (non-hydrogen) atoms. The Morgan fingerprint density at radius 1 is 1.62 bits per heavy atom. The molecule has 1 unspecified atom stereocenters. The number of aromatic nitrogens is 2. The van der Waals surface area contributed by atoms with Gasteiger partial charge in [0, 0.05) is 32.7 Å². The van der Waals surface area contributed by atoms with Gasteiger partial charge in [0.15, 0.2) is 0 Å². The first-order valence-electron chi connectivity index (χ1n) is 5.05. The van der Waals surface area contributed by atoms with E-state index in [4.69, 9.17) is 5.11 Å². The maximum atomic E-state index is 11.1. The van der Waals surface area contributed by atoms with Crippen LogP contribution in [0.5, 0.6) is 0 Å². The van der Waals surface area contributed by atoms with E-state index in [-0.39, 0.29) is 5.56 Å². The number of nitrogens with zero attached hydrogens (tertiary/aromatic N) is 2. The molecule has 0 aliphatic carbocycles. The zero-order valence-corrected chi connectivity index (χ0v) is 8.93. The molecule has 1 aromatic rings. The summed E-state index contributed by atoms with van der Waals surface area (Å²) in [7, 11) is 1.73. The van der Waals surface area contributed by atoms with Crippen molar-refractivity contribution in [2.45, 2.75) is 6.04 Å². The van der Waals surface area contributed by atoms with E-state index in [0.717, 1.165) is 5.82 Å². The third-order valence-electron chi connectivity index (χ3n) is 2.68. The predicted octanol–water partition coefficient (Wildman–Crippen LogP) is -1.42. The molecule has 7 nitrogen and oxygen atoms in total. The van der Waals surface area contributed by atoms with Gasteiger partial charge in [-0.05, 0) is 0 Å². The van der Waals surface area contributed by atoms with E-state index in [2.05, 4.69) is 10.4 Å². The monoisotopic (exact) mass is 226 g/mol. The Morgan fingerprint density at radius 2 is 2.38 bits per heavy atom. The van der Waals surface area contributed by atoms with Crippen LogP contribution in [0.2, 0.25) is 0 Å². The molecule has 1 atom stereocenters. The number of carboxylic acid groups (broad SMARTS) is 1. The zero-order chi connectivity index (χ0) is 11.7. The maximum absolute atomic E-state index is 11.1. The number of aromatic amines is 1. The molecule has 2 heterocycles. The van der Waals surface area contributed by atoms with Gasteiger partial charge in [0.25, 0.3) is 5.56 Å². The molecule has 1 saturated heterocycles. The lowest BCUT2D eigenvalue weighted by Gasteiger charge is -2.32. The molecular weight excluding hydrogens is 212 g/mol. The molecule has 0 aromatic carbocycles. The van der Waals surface area contributed by atoms with E-state index in [9.17, 15) is 9.59 Å². The lowest BCUT2D eigenvalue weighted by molar-refractivity contribution is -0.139. The fourth-order valence-corrected chi connectivity index (χ4v) is 1.90. The van der Waals surface area contributed by atoms with Crippen LogP contribution in [0, 0.1) is 0 Å². The van der Waals surface area contributed by atoms with Gasteiger partial charge in [0.1, 0.15) is 11.9 Å². The highest BCUT2D eigenvalue weighted by Gasteiger charge is 2.26. The summed E-state index contributed by atoms with van der Waals surface area (Å²) >= 11 is 0. The summed E-state index contributed by atoms with van der Waals surface area (Å²) in [5, 5.41) is 14.4. The molecular formula is C9H14N4O3. The van der Waals surface area contributed by atoms with Crippen molar-refractivity contribution in [1.82, 2.24) is 15.1 Å². The average Bonchev–Trinajstić information content (AvgIpc) is 2.58. The van der Waals surface area contributed by atoms with Crippen molar-refractivity contribution in [1.29, 1.82) is 0 Å². The summed E-state index contributed by atoms with van der Waals surface area (Å²) < 4.78 is 1.60. The Labute approximate surface area is 91.6 Å². The molecule has 1 aliphatic rings. The summed E-state index contributed by atoms with van der Waals surface area (Å²) in [4.78, 5) is 23.9. The third kappa shape index (κ3) is 1.94. The third-order valence-corrected chi connectivity index (χ3v) is 2.68. The first kappa shape index (κ1) is 10.7. The standard InChI is InChI=1S/C9H14N4O3/c1-12-8(4-7(14)11-12)13-3-2-10-6(5-13)9(15)16/h4,6,10H,2-3,5H2,1H3,(H,11,14)(H,15,16).